The lowest BCUT2D eigenvalue weighted by Crippen LogP contribution is -2.51. The molecule has 1 saturated heterocycles. The molecule has 1 aliphatic rings. The van der Waals surface area contributed by atoms with Crippen LogP contribution >= 0.6 is 11.6 Å². The normalized spacial score (nSPS) is 18.0. The average molecular weight is 444 g/mol. The maximum Gasteiger partial charge on any atom is 0.416 e. The molecule has 0 bridgehead atoms. The van der Waals surface area contributed by atoms with Gasteiger partial charge >= 0.3 is 6.18 Å². The molecule has 0 saturated carbocycles. The summed E-state index contributed by atoms with van der Waals surface area (Å²) in [5, 5.41) is 0.409. The molecule has 162 valence electrons. The van der Waals surface area contributed by atoms with Gasteiger partial charge in [-0.1, -0.05) is 29.8 Å². The number of ether oxygens (including phenoxy) is 3. The molecule has 0 spiro atoms. The van der Waals surface area contributed by atoms with Crippen molar-refractivity contribution in [3.63, 3.8) is 0 Å². The molecule has 0 radical (unpaired) electrons. The molecule has 0 N–H and O–H groups in total. The largest absolute Gasteiger partial charge is 0.491 e. The monoisotopic (exact) mass is 443 g/mol. The van der Waals surface area contributed by atoms with Crippen LogP contribution in [0.15, 0.2) is 48.5 Å². The zero-order chi connectivity index (χ0) is 21.7. The van der Waals surface area contributed by atoms with Crippen LogP contribution in [0.4, 0.5) is 13.2 Å². The summed E-state index contributed by atoms with van der Waals surface area (Å²) in [6, 6.07) is 11.5. The fourth-order valence-corrected chi connectivity index (χ4v) is 3.19. The molecule has 9 heteroatoms. The molecule has 1 amide bonds. The number of nitrogens with zero attached hydrogens (tertiary/aromatic N) is 1. The summed E-state index contributed by atoms with van der Waals surface area (Å²) in [5.41, 5.74) is -0.785. The van der Waals surface area contributed by atoms with Crippen LogP contribution in [-0.2, 0) is 15.7 Å². The van der Waals surface area contributed by atoms with E-state index in [9.17, 15) is 18.0 Å². The number of morpholine rings is 1. The fourth-order valence-electron chi connectivity index (χ4n) is 3.01. The first-order chi connectivity index (χ1) is 14.2. The van der Waals surface area contributed by atoms with Gasteiger partial charge in [0.1, 0.15) is 24.2 Å². The van der Waals surface area contributed by atoms with Crippen molar-refractivity contribution in [2.45, 2.75) is 25.3 Å². The average Bonchev–Trinajstić information content (AvgIpc) is 2.73. The number of carbonyl (C=O) groups is 1. The van der Waals surface area contributed by atoms with Crippen LogP contribution in [0.25, 0.3) is 0 Å². The Labute approximate surface area is 177 Å². The van der Waals surface area contributed by atoms with Gasteiger partial charge in [-0.05, 0) is 37.3 Å². The van der Waals surface area contributed by atoms with E-state index in [0.717, 1.165) is 12.1 Å². The Balaban J connectivity index is 1.55. The predicted octanol–water partition coefficient (Wildman–Crippen LogP) is 4.43. The van der Waals surface area contributed by atoms with Gasteiger partial charge in [0.2, 0.25) is 0 Å². The Morgan fingerprint density at radius 1 is 1.27 bits per heavy atom. The molecule has 5 nitrogen and oxygen atoms in total. The first-order valence-electron chi connectivity index (χ1n) is 9.35. The van der Waals surface area contributed by atoms with E-state index >= 15 is 0 Å². The highest BCUT2D eigenvalue weighted by Gasteiger charge is 2.31. The summed E-state index contributed by atoms with van der Waals surface area (Å²) in [4.78, 5) is 14.3. The number of benzene rings is 2. The van der Waals surface area contributed by atoms with Crippen molar-refractivity contribution in [3.05, 3.63) is 59.1 Å². The van der Waals surface area contributed by atoms with E-state index in [-0.39, 0.29) is 24.8 Å². The highest BCUT2D eigenvalue weighted by molar-refractivity contribution is 6.32. The van der Waals surface area contributed by atoms with Gasteiger partial charge in [-0.15, -0.1) is 0 Å². The predicted molar refractivity (Wildman–Crippen MR) is 105 cm³/mol. The molecule has 0 aromatic heterocycles. The van der Waals surface area contributed by atoms with Gasteiger partial charge < -0.3 is 19.1 Å². The highest BCUT2D eigenvalue weighted by atomic mass is 35.5. The SMILES string of the molecule is CC(Oc1ccccc1Cl)C(=O)N1CCOC(COc2cccc(C(F)(F)F)c2)C1. The Morgan fingerprint density at radius 2 is 2.03 bits per heavy atom. The van der Waals surface area contributed by atoms with Crippen LogP contribution in [0.2, 0.25) is 5.02 Å². The molecular weight excluding hydrogens is 423 g/mol. The van der Waals surface area contributed by atoms with Gasteiger partial charge in [-0.3, -0.25) is 4.79 Å². The van der Waals surface area contributed by atoms with Crippen molar-refractivity contribution < 1.29 is 32.2 Å². The lowest BCUT2D eigenvalue weighted by Gasteiger charge is -2.34. The summed E-state index contributed by atoms with van der Waals surface area (Å²) in [5.74, 6) is 0.271. The number of carbonyl (C=O) groups excluding carboxylic acids is 1. The topological polar surface area (TPSA) is 48.0 Å². The summed E-state index contributed by atoms with van der Waals surface area (Å²) in [6.07, 6.45) is -5.67. The van der Waals surface area contributed by atoms with Crippen LogP contribution in [0.5, 0.6) is 11.5 Å². The lowest BCUT2D eigenvalue weighted by atomic mass is 10.2. The molecule has 1 heterocycles. The molecule has 1 aliphatic heterocycles. The Bertz CT molecular complexity index is 877. The van der Waals surface area contributed by atoms with Crippen molar-refractivity contribution in [3.8, 4) is 11.5 Å². The summed E-state index contributed by atoms with van der Waals surface area (Å²) in [7, 11) is 0. The van der Waals surface area contributed by atoms with Crippen molar-refractivity contribution in [1.29, 1.82) is 0 Å². The fraction of sp³-hybridized carbons (Fsp3) is 0.381. The van der Waals surface area contributed by atoms with Gasteiger partial charge in [0.05, 0.1) is 23.7 Å². The summed E-state index contributed by atoms with van der Waals surface area (Å²) >= 11 is 6.06. The number of amides is 1. The molecule has 2 atom stereocenters. The third-order valence-corrected chi connectivity index (χ3v) is 4.85. The second-order valence-corrected chi connectivity index (χ2v) is 7.21. The number of alkyl halides is 3. The zero-order valence-electron chi connectivity index (χ0n) is 16.2. The van der Waals surface area contributed by atoms with Crippen LogP contribution in [0, 0.1) is 0 Å². The van der Waals surface area contributed by atoms with E-state index < -0.39 is 23.9 Å². The lowest BCUT2D eigenvalue weighted by molar-refractivity contribution is -0.146. The minimum Gasteiger partial charge on any atom is -0.491 e. The van der Waals surface area contributed by atoms with E-state index in [1.54, 1.807) is 36.1 Å². The Kier molecular flexibility index (Phi) is 7.10. The summed E-state index contributed by atoms with van der Waals surface area (Å²) < 4.78 is 55.2. The van der Waals surface area contributed by atoms with Crippen molar-refractivity contribution in [2.75, 3.05) is 26.3 Å². The minimum absolute atomic E-state index is 0.0187. The van der Waals surface area contributed by atoms with Gasteiger partial charge in [-0.25, -0.2) is 0 Å². The quantitative estimate of drug-likeness (QED) is 0.662. The van der Waals surface area contributed by atoms with Crippen LogP contribution in [0.1, 0.15) is 12.5 Å². The van der Waals surface area contributed by atoms with Crippen molar-refractivity contribution >= 4 is 17.5 Å². The maximum absolute atomic E-state index is 12.8. The van der Waals surface area contributed by atoms with Crippen LogP contribution < -0.4 is 9.47 Å². The van der Waals surface area contributed by atoms with Crippen LogP contribution in [-0.4, -0.2) is 49.3 Å². The Hall–Kier alpha value is -2.45. The van der Waals surface area contributed by atoms with Crippen molar-refractivity contribution in [1.82, 2.24) is 4.90 Å². The van der Waals surface area contributed by atoms with Gasteiger partial charge in [0.15, 0.2) is 6.10 Å². The zero-order valence-corrected chi connectivity index (χ0v) is 16.9. The minimum atomic E-state index is -4.44. The summed E-state index contributed by atoms with van der Waals surface area (Å²) in [6.45, 7) is 2.57. The first kappa shape index (κ1) is 22.2. The van der Waals surface area contributed by atoms with Crippen LogP contribution in [0.3, 0.4) is 0 Å². The number of hydrogen-bond donors (Lipinski definition) is 0. The molecule has 1 fully saturated rings. The van der Waals surface area contributed by atoms with Gasteiger partial charge in [0, 0.05) is 6.54 Å². The van der Waals surface area contributed by atoms with E-state index in [2.05, 4.69) is 0 Å². The third-order valence-electron chi connectivity index (χ3n) is 4.54. The molecule has 2 unspecified atom stereocenters. The standard InChI is InChI=1S/C21H21ClF3NO4/c1-14(30-19-8-3-2-7-18(19)22)20(27)26-9-10-28-17(12-26)13-29-16-6-4-5-15(11-16)21(23,24)25/h2-8,11,14,17H,9-10,12-13H2,1H3. The smallest absolute Gasteiger partial charge is 0.416 e. The molecule has 30 heavy (non-hydrogen) atoms. The second kappa shape index (κ2) is 9.57. The van der Waals surface area contributed by atoms with E-state index in [1.165, 1.54) is 12.1 Å². The molecular formula is C21H21ClF3NO4. The number of halogens is 4. The number of para-hydroxylation sites is 1. The van der Waals surface area contributed by atoms with E-state index in [4.69, 9.17) is 25.8 Å². The number of hydrogen-bond acceptors (Lipinski definition) is 4. The molecule has 2 aromatic carbocycles. The molecule has 3 rings (SSSR count). The third kappa shape index (κ3) is 5.79. The Morgan fingerprint density at radius 3 is 2.77 bits per heavy atom. The highest BCUT2D eigenvalue weighted by Crippen LogP contribution is 2.31. The molecule has 0 aliphatic carbocycles. The molecule has 2 aromatic rings. The second-order valence-electron chi connectivity index (χ2n) is 6.80. The van der Waals surface area contributed by atoms with Crippen molar-refractivity contribution in [2.24, 2.45) is 0 Å². The van der Waals surface area contributed by atoms with E-state index in [0.29, 0.717) is 23.9 Å². The van der Waals surface area contributed by atoms with E-state index in [1.807, 2.05) is 0 Å². The maximum atomic E-state index is 12.8. The van der Waals surface area contributed by atoms with Gasteiger partial charge in [-0.2, -0.15) is 13.2 Å². The first-order valence-corrected chi connectivity index (χ1v) is 9.73. The number of rotatable bonds is 6. The van der Waals surface area contributed by atoms with Gasteiger partial charge in [0.25, 0.3) is 5.91 Å².